The molecule has 0 aliphatic carbocycles. The van der Waals surface area contributed by atoms with Gasteiger partial charge in [-0.2, -0.15) is 0 Å². The van der Waals surface area contributed by atoms with E-state index in [4.69, 9.17) is 5.11 Å². The molecule has 84 valence electrons. The molecule has 5 heteroatoms. The number of carboxylic acid groups (broad SMARTS) is 1. The van der Waals surface area contributed by atoms with E-state index in [-0.39, 0.29) is 11.3 Å². The van der Waals surface area contributed by atoms with Gasteiger partial charge in [0.05, 0.1) is 11.2 Å². The summed E-state index contributed by atoms with van der Waals surface area (Å²) >= 11 is 0. The van der Waals surface area contributed by atoms with Gasteiger partial charge in [0.15, 0.2) is 6.29 Å². The number of benzene rings is 1. The van der Waals surface area contributed by atoms with Crippen LogP contribution in [0.3, 0.4) is 0 Å². The van der Waals surface area contributed by atoms with Crippen LogP contribution in [0.25, 0.3) is 10.9 Å². The van der Waals surface area contributed by atoms with Crippen LogP contribution in [-0.2, 0) is 4.79 Å². The van der Waals surface area contributed by atoms with E-state index in [0.717, 1.165) is 6.07 Å². The lowest BCUT2D eigenvalue weighted by Crippen LogP contribution is -1.88. The number of hydrogen-bond acceptors (Lipinski definition) is 2. The Bertz CT molecular complexity index is 676. The van der Waals surface area contributed by atoms with Gasteiger partial charge in [-0.25, -0.2) is 9.18 Å². The summed E-state index contributed by atoms with van der Waals surface area (Å²) in [6, 6.07) is 3.84. The van der Waals surface area contributed by atoms with E-state index < -0.39 is 11.8 Å². The summed E-state index contributed by atoms with van der Waals surface area (Å²) in [5, 5.41) is 8.95. The van der Waals surface area contributed by atoms with Crippen LogP contribution in [0, 0.1) is 17.7 Å². The van der Waals surface area contributed by atoms with E-state index >= 15 is 0 Å². The minimum Gasteiger partial charge on any atom is -0.472 e. The number of fused-ring (bicyclic) bond motifs is 1. The molecular weight excluding hydrogens is 225 g/mol. The summed E-state index contributed by atoms with van der Waals surface area (Å²) in [6.45, 7) is 0. The first-order valence-electron chi connectivity index (χ1n) is 4.62. The number of aromatic nitrogens is 1. The standard InChI is InChI=1S/C12H6FNO3/c13-8-3-7(1-2-12(16)17)10-5-9(6-15)14-11(10)4-8/h3-6,14H,(H,16,17). The number of halogens is 1. The highest BCUT2D eigenvalue weighted by Gasteiger charge is 2.06. The van der Waals surface area contributed by atoms with Crippen molar-refractivity contribution in [2.45, 2.75) is 0 Å². The van der Waals surface area contributed by atoms with Gasteiger partial charge in [0.1, 0.15) is 5.82 Å². The fourth-order valence-electron chi connectivity index (χ4n) is 1.51. The number of nitrogens with one attached hydrogen (secondary N) is 1. The van der Waals surface area contributed by atoms with Crippen molar-refractivity contribution in [3.05, 3.63) is 35.3 Å². The molecule has 1 aromatic heterocycles. The van der Waals surface area contributed by atoms with E-state index in [2.05, 4.69) is 10.9 Å². The highest BCUT2D eigenvalue weighted by Crippen LogP contribution is 2.20. The number of carbonyl (C=O) groups excluding carboxylic acids is 1. The third kappa shape index (κ3) is 2.16. The topological polar surface area (TPSA) is 70.2 Å². The molecule has 4 nitrogen and oxygen atoms in total. The second-order valence-corrected chi connectivity index (χ2v) is 3.31. The van der Waals surface area contributed by atoms with E-state index in [0.29, 0.717) is 17.2 Å². The summed E-state index contributed by atoms with van der Waals surface area (Å²) in [5.74, 6) is 2.40. The molecule has 0 fully saturated rings. The summed E-state index contributed by atoms with van der Waals surface area (Å²) in [7, 11) is 0. The van der Waals surface area contributed by atoms with Gasteiger partial charge in [0.2, 0.25) is 0 Å². The second kappa shape index (κ2) is 4.10. The van der Waals surface area contributed by atoms with Crippen molar-refractivity contribution in [2.75, 3.05) is 0 Å². The van der Waals surface area contributed by atoms with Crippen molar-refractivity contribution in [3.63, 3.8) is 0 Å². The van der Waals surface area contributed by atoms with Crippen molar-refractivity contribution in [1.82, 2.24) is 4.98 Å². The number of rotatable bonds is 1. The lowest BCUT2D eigenvalue weighted by molar-refractivity contribution is -0.130. The number of aliphatic carboxylic acids is 1. The molecule has 0 amide bonds. The average molecular weight is 231 g/mol. The molecule has 0 aliphatic heterocycles. The molecular formula is C12H6FNO3. The van der Waals surface area contributed by atoms with Crippen LogP contribution in [0.1, 0.15) is 16.1 Å². The summed E-state index contributed by atoms with van der Waals surface area (Å²) < 4.78 is 13.2. The Morgan fingerprint density at radius 1 is 1.41 bits per heavy atom. The van der Waals surface area contributed by atoms with Crippen molar-refractivity contribution in [1.29, 1.82) is 0 Å². The first-order valence-corrected chi connectivity index (χ1v) is 4.62. The van der Waals surface area contributed by atoms with E-state index in [1.54, 1.807) is 0 Å². The van der Waals surface area contributed by atoms with E-state index in [1.165, 1.54) is 12.1 Å². The molecule has 1 heterocycles. The fraction of sp³-hybridized carbons (Fsp3) is 0. The maximum atomic E-state index is 13.2. The molecule has 0 saturated heterocycles. The first-order chi connectivity index (χ1) is 8.10. The Kier molecular flexibility index (Phi) is 2.63. The van der Waals surface area contributed by atoms with Crippen LogP contribution in [0.15, 0.2) is 18.2 Å². The summed E-state index contributed by atoms with van der Waals surface area (Å²) in [5.41, 5.74) is 0.914. The molecule has 0 radical (unpaired) electrons. The van der Waals surface area contributed by atoms with E-state index in [9.17, 15) is 14.0 Å². The monoisotopic (exact) mass is 231 g/mol. The zero-order chi connectivity index (χ0) is 12.4. The van der Waals surface area contributed by atoms with Crippen LogP contribution in [-0.4, -0.2) is 22.3 Å². The minimum absolute atomic E-state index is 0.228. The van der Waals surface area contributed by atoms with Crippen molar-refractivity contribution in [2.24, 2.45) is 0 Å². The van der Waals surface area contributed by atoms with Gasteiger partial charge in [-0.3, -0.25) is 4.79 Å². The van der Waals surface area contributed by atoms with Crippen LogP contribution in [0.5, 0.6) is 0 Å². The number of aldehydes is 1. The minimum atomic E-state index is -1.30. The zero-order valence-electron chi connectivity index (χ0n) is 8.45. The number of carbonyl (C=O) groups is 2. The maximum Gasteiger partial charge on any atom is 0.382 e. The van der Waals surface area contributed by atoms with Gasteiger partial charge in [-0.05, 0) is 18.2 Å². The Morgan fingerprint density at radius 3 is 2.82 bits per heavy atom. The second-order valence-electron chi connectivity index (χ2n) is 3.31. The quantitative estimate of drug-likeness (QED) is 0.578. The SMILES string of the molecule is O=Cc1cc2c(C#CC(=O)O)cc(F)cc2[nH]1. The highest BCUT2D eigenvalue weighted by molar-refractivity contribution is 5.94. The molecule has 0 atom stereocenters. The first kappa shape index (κ1) is 10.9. The average Bonchev–Trinajstić information content (AvgIpc) is 2.68. The number of aromatic amines is 1. The van der Waals surface area contributed by atoms with Gasteiger partial charge in [-0.1, -0.05) is 5.92 Å². The smallest absolute Gasteiger partial charge is 0.382 e. The van der Waals surface area contributed by atoms with Crippen LogP contribution < -0.4 is 0 Å². The van der Waals surface area contributed by atoms with Crippen molar-refractivity contribution < 1.29 is 19.1 Å². The van der Waals surface area contributed by atoms with Gasteiger partial charge in [-0.15, -0.1) is 0 Å². The lowest BCUT2D eigenvalue weighted by atomic mass is 10.1. The molecule has 0 unspecified atom stereocenters. The predicted molar refractivity (Wildman–Crippen MR) is 58.2 cm³/mol. The molecule has 2 aromatic rings. The number of H-pyrrole nitrogens is 1. The Morgan fingerprint density at radius 2 is 2.18 bits per heavy atom. The molecule has 0 aliphatic rings. The molecule has 0 bridgehead atoms. The third-order valence-corrected chi connectivity index (χ3v) is 2.15. The fourth-order valence-corrected chi connectivity index (χ4v) is 1.51. The Labute approximate surface area is 95.1 Å². The van der Waals surface area contributed by atoms with Gasteiger partial charge < -0.3 is 10.1 Å². The zero-order valence-corrected chi connectivity index (χ0v) is 8.45. The normalized spacial score (nSPS) is 9.71. The maximum absolute atomic E-state index is 13.2. The number of carboxylic acids is 1. The van der Waals surface area contributed by atoms with Crippen molar-refractivity contribution >= 4 is 23.2 Å². The van der Waals surface area contributed by atoms with Crippen LogP contribution in [0.4, 0.5) is 4.39 Å². The van der Waals surface area contributed by atoms with Crippen LogP contribution >= 0.6 is 0 Å². The molecule has 1 aromatic carbocycles. The third-order valence-electron chi connectivity index (χ3n) is 2.15. The summed E-state index contributed by atoms with van der Waals surface area (Å²) in [6.07, 6.45) is 0.590. The largest absolute Gasteiger partial charge is 0.472 e. The van der Waals surface area contributed by atoms with Crippen molar-refractivity contribution in [3.8, 4) is 11.8 Å². The van der Waals surface area contributed by atoms with Crippen LogP contribution in [0.2, 0.25) is 0 Å². The molecule has 2 N–H and O–H groups in total. The predicted octanol–water partition coefficient (Wildman–Crippen LogP) is 1.56. The Hall–Kier alpha value is -2.61. The lowest BCUT2D eigenvalue weighted by Gasteiger charge is -1.94. The van der Waals surface area contributed by atoms with E-state index in [1.807, 2.05) is 5.92 Å². The Balaban J connectivity index is 2.69. The molecule has 17 heavy (non-hydrogen) atoms. The highest BCUT2D eigenvalue weighted by atomic mass is 19.1. The van der Waals surface area contributed by atoms with Gasteiger partial charge >= 0.3 is 5.97 Å². The number of hydrogen-bond donors (Lipinski definition) is 2. The molecule has 0 spiro atoms. The van der Waals surface area contributed by atoms with Gasteiger partial charge in [0, 0.05) is 16.9 Å². The van der Waals surface area contributed by atoms with Gasteiger partial charge in [0.25, 0.3) is 0 Å². The summed E-state index contributed by atoms with van der Waals surface area (Å²) in [4.78, 5) is 23.6. The molecule has 0 saturated carbocycles. The molecule has 2 rings (SSSR count).